The molecule has 1 aliphatic heterocycles. The van der Waals surface area contributed by atoms with Gasteiger partial charge >= 0.3 is 0 Å². The van der Waals surface area contributed by atoms with Crippen LogP contribution in [-0.2, 0) is 11.4 Å². The van der Waals surface area contributed by atoms with Crippen LogP contribution in [0.15, 0.2) is 48.5 Å². The Hall–Kier alpha value is -4.12. The molecule has 1 N–H and O–H groups in total. The number of imide groups is 1. The van der Waals surface area contributed by atoms with Gasteiger partial charge in [-0.1, -0.05) is 30.3 Å². The van der Waals surface area contributed by atoms with Gasteiger partial charge in [-0.2, -0.15) is 0 Å². The number of rotatable bonds is 5. The molecule has 0 aliphatic carbocycles. The van der Waals surface area contributed by atoms with Crippen LogP contribution in [0.1, 0.15) is 36.6 Å². The standard InChI is InChI=1S/C22H11F5N2O4/c23-14-15(24)17(26)19(18(27)16(14)25)28-20(30)11-6-2-1-5-10(11)9-33-29-21(31)12-7-3-4-8-13(12)22(29)32/h1-8H,9H2,(H,28,30). The Morgan fingerprint density at radius 1 is 0.758 bits per heavy atom. The number of halogens is 5. The van der Waals surface area contributed by atoms with Crippen molar-refractivity contribution in [1.82, 2.24) is 5.06 Å². The molecule has 0 radical (unpaired) electrons. The molecule has 0 fully saturated rings. The number of anilines is 1. The minimum Gasteiger partial charge on any atom is -0.317 e. The summed E-state index contributed by atoms with van der Waals surface area (Å²) in [5, 5.41) is 2.17. The maximum atomic E-state index is 13.9. The number of amides is 3. The Morgan fingerprint density at radius 3 is 1.82 bits per heavy atom. The molecule has 0 saturated heterocycles. The van der Waals surface area contributed by atoms with Crippen LogP contribution in [0.3, 0.4) is 0 Å². The van der Waals surface area contributed by atoms with Crippen LogP contribution in [-0.4, -0.2) is 22.8 Å². The second-order valence-electron chi connectivity index (χ2n) is 6.78. The quantitative estimate of drug-likeness (QED) is 0.265. The maximum Gasteiger partial charge on any atom is 0.285 e. The molecule has 6 nitrogen and oxygen atoms in total. The van der Waals surface area contributed by atoms with Crippen LogP contribution >= 0.6 is 0 Å². The highest BCUT2D eigenvalue weighted by atomic mass is 19.2. The molecule has 3 aromatic carbocycles. The minimum atomic E-state index is -2.36. The zero-order chi connectivity index (χ0) is 23.9. The lowest BCUT2D eigenvalue weighted by molar-refractivity contribution is -0.101. The average molecular weight is 462 g/mol. The van der Waals surface area contributed by atoms with E-state index in [0.717, 1.165) is 0 Å². The molecule has 0 aromatic heterocycles. The van der Waals surface area contributed by atoms with Crippen LogP contribution in [0.2, 0.25) is 0 Å². The molecule has 168 valence electrons. The Bertz CT molecular complexity index is 1260. The van der Waals surface area contributed by atoms with Crippen molar-refractivity contribution in [2.75, 3.05) is 5.32 Å². The van der Waals surface area contributed by atoms with Crippen LogP contribution in [0.25, 0.3) is 0 Å². The van der Waals surface area contributed by atoms with E-state index in [9.17, 15) is 36.3 Å². The number of carbonyl (C=O) groups is 3. The van der Waals surface area contributed by atoms with Gasteiger partial charge in [0.25, 0.3) is 17.7 Å². The predicted molar refractivity (Wildman–Crippen MR) is 102 cm³/mol. The van der Waals surface area contributed by atoms with E-state index in [4.69, 9.17) is 4.84 Å². The van der Waals surface area contributed by atoms with Gasteiger partial charge in [0.15, 0.2) is 23.3 Å². The molecular weight excluding hydrogens is 451 g/mol. The lowest BCUT2D eigenvalue weighted by atomic mass is 10.1. The molecule has 1 aliphatic rings. The first kappa shape index (κ1) is 22.1. The first-order valence-corrected chi connectivity index (χ1v) is 9.23. The summed E-state index contributed by atoms with van der Waals surface area (Å²) in [6, 6.07) is 11.4. The summed E-state index contributed by atoms with van der Waals surface area (Å²) in [6.07, 6.45) is 0. The van der Waals surface area contributed by atoms with E-state index in [1.807, 2.05) is 0 Å². The van der Waals surface area contributed by atoms with Crippen molar-refractivity contribution in [2.45, 2.75) is 6.61 Å². The van der Waals surface area contributed by atoms with E-state index in [-0.39, 0.29) is 22.3 Å². The molecule has 33 heavy (non-hydrogen) atoms. The molecule has 3 aromatic rings. The minimum absolute atomic E-state index is 0.0652. The Balaban J connectivity index is 1.56. The predicted octanol–water partition coefficient (Wildman–Crippen LogP) is 4.36. The fourth-order valence-electron chi connectivity index (χ4n) is 3.18. The Morgan fingerprint density at radius 2 is 1.24 bits per heavy atom. The fraction of sp³-hybridized carbons (Fsp3) is 0.0455. The van der Waals surface area contributed by atoms with Crippen molar-refractivity contribution < 1.29 is 41.2 Å². The first-order chi connectivity index (χ1) is 15.7. The highest BCUT2D eigenvalue weighted by Gasteiger charge is 2.36. The lowest BCUT2D eigenvalue weighted by Crippen LogP contribution is -2.30. The smallest absolute Gasteiger partial charge is 0.285 e. The molecular formula is C22H11F5N2O4. The normalized spacial score (nSPS) is 12.8. The number of carbonyl (C=O) groups excluding carboxylic acids is 3. The number of nitrogens with one attached hydrogen (secondary N) is 1. The Labute approximate surface area is 182 Å². The van der Waals surface area contributed by atoms with Crippen molar-refractivity contribution >= 4 is 23.4 Å². The van der Waals surface area contributed by atoms with Gasteiger partial charge in [-0.25, -0.2) is 22.0 Å². The van der Waals surface area contributed by atoms with Crippen LogP contribution in [0.5, 0.6) is 0 Å². The summed E-state index contributed by atoms with van der Waals surface area (Å²) >= 11 is 0. The van der Waals surface area contributed by atoms with Gasteiger partial charge < -0.3 is 5.32 Å². The summed E-state index contributed by atoms with van der Waals surface area (Å²) in [4.78, 5) is 42.6. The van der Waals surface area contributed by atoms with Crippen molar-refractivity contribution in [2.24, 2.45) is 0 Å². The summed E-state index contributed by atoms with van der Waals surface area (Å²) in [7, 11) is 0. The van der Waals surface area contributed by atoms with Crippen molar-refractivity contribution in [3.8, 4) is 0 Å². The molecule has 1 heterocycles. The third-order valence-corrected chi connectivity index (χ3v) is 4.82. The largest absolute Gasteiger partial charge is 0.317 e. The topological polar surface area (TPSA) is 75.7 Å². The van der Waals surface area contributed by atoms with Gasteiger partial charge in [0.1, 0.15) is 12.3 Å². The number of fused-ring (bicyclic) bond motifs is 1. The molecule has 11 heteroatoms. The fourth-order valence-corrected chi connectivity index (χ4v) is 3.18. The second kappa shape index (κ2) is 8.43. The molecule has 0 saturated carbocycles. The van der Waals surface area contributed by atoms with Gasteiger partial charge in [-0.05, 0) is 23.8 Å². The zero-order valence-corrected chi connectivity index (χ0v) is 16.3. The number of hydrogen-bond donors (Lipinski definition) is 1. The van der Waals surface area contributed by atoms with Crippen LogP contribution in [0.4, 0.5) is 27.6 Å². The third-order valence-electron chi connectivity index (χ3n) is 4.82. The SMILES string of the molecule is O=C(Nc1c(F)c(F)c(F)c(F)c1F)c1ccccc1CON1C(=O)c2ccccc2C1=O. The molecule has 0 spiro atoms. The molecule has 0 bridgehead atoms. The van der Waals surface area contributed by atoms with Crippen LogP contribution < -0.4 is 5.32 Å². The number of benzene rings is 3. The van der Waals surface area contributed by atoms with E-state index >= 15 is 0 Å². The first-order valence-electron chi connectivity index (χ1n) is 9.23. The van der Waals surface area contributed by atoms with Crippen molar-refractivity contribution in [1.29, 1.82) is 0 Å². The van der Waals surface area contributed by atoms with Gasteiger partial charge in [0, 0.05) is 5.56 Å². The molecule has 0 unspecified atom stereocenters. The summed E-state index contributed by atoms with van der Waals surface area (Å²) in [6.45, 7) is -0.494. The lowest BCUT2D eigenvalue weighted by Gasteiger charge is -2.16. The van der Waals surface area contributed by atoms with Gasteiger partial charge in [0.05, 0.1) is 11.1 Å². The number of hydrogen-bond acceptors (Lipinski definition) is 4. The molecule has 4 rings (SSSR count). The highest BCUT2D eigenvalue weighted by Crippen LogP contribution is 2.28. The van der Waals surface area contributed by atoms with Gasteiger partial charge in [-0.15, -0.1) is 5.06 Å². The number of nitrogens with zero attached hydrogens (tertiary/aromatic N) is 1. The molecule has 3 amide bonds. The summed E-state index contributed by atoms with van der Waals surface area (Å²) in [5.41, 5.74) is -1.46. The van der Waals surface area contributed by atoms with Gasteiger partial charge in [0.2, 0.25) is 5.82 Å². The Kier molecular flexibility index (Phi) is 5.64. The molecule has 0 atom stereocenters. The number of hydroxylamine groups is 2. The maximum absolute atomic E-state index is 13.9. The van der Waals surface area contributed by atoms with Crippen molar-refractivity contribution in [3.05, 3.63) is 99.9 Å². The van der Waals surface area contributed by atoms with Crippen molar-refractivity contribution in [3.63, 3.8) is 0 Å². The van der Waals surface area contributed by atoms with E-state index < -0.39 is 59.1 Å². The van der Waals surface area contributed by atoms with Gasteiger partial charge in [-0.3, -0.25) is 19.2 Å². The second-order valence-corrected chi connectivity index (χ2v) is 6.78. The van der Waals surface area contributed by atoms with Crippen LogP contribution in [0, 0.1) is 29.1 Å². The van der Waals surface area contributed by atoms with E-state index in [0.29, 0.717) is 5.06 Å². The third kappa shape index (κ3) is 3.72. The summed E-state index contributed by atoms with van der Waals surface area (Å²) in [5.74, 6) is -13.9. The van der Waals surface area contributed by atoms with E-state index in [2.05, 4.69) is 0 Å². The monoisotopic (exact) mass is 462 g/mol. The van der Waals surface area contributed by atoms with E-state index in [1.165, 1.54) is 36.4 Å². The zero-order valence-electron chi connectivity index (χ0n) is 16.3. The highest BCUT2D eigenvalue weighted by molar-refractivity contribution is 6.20. The average Bonchev–Trinajstić information content (AvgIpc) is 3.07. The van der Waals surface area contributed by atoms with E-state index in [1.54, 1.807) is 17.4 Å². The summed E-state index contributed by atoms with van der Waals surface area (Å²) < 4.78 is 67.9.